The van der Waals surface area contributed by atoms with Crippen molar-refractivity contribution in [1.29, 1.82) is 0 Å². The molecule has 3 nitrogen and oxygen atoms in total. The van der Waals surface area contributed by atoms with Crippen LogP contribution in [0.2, 0.25) is 5.15 Å². The molecule has 0 aliphatic heterocycles. The van der Waals surface area contributed by atoms with Gasteiger partial charge in [-0.25, -0.2) is 18.6 Å². The van der Waals surface area contributed by atoms with E-state index in [-0.39, 0.29) is 20.6 Å². The van der Waals surface area contributed by atoms with Crippen LogP contribution in [0.1, 0.15) is 10.4 Å². The first-order valence-electron chi connectivity index (χ1n) is 5.00. The van der Waals surface area contributed by atoms with Gasteiger partial charge in [0.2, 0.25) is 0 Å². The molecule has 0 aliphatic carbocycles. The quantitative estimate of drug-likeness (QED) is 0.875. The minimum absolute atomic E-state index is 0.0468. The maximum atomic E-state index is 13.5. The van der Waals surface area contributed by atoms with Crippen molar-refractivity contribution >= 4 is 29.3 Å². The number of hydrogen-bond donors (Lipinski definition) is 1. The van der Waals surface area contributed by atoms with Crippen molar-refractivity contribution in [2.75, 3.05) is 0 Å². The van der Waals surface area contributed by atoms with Crippen LogP contribution in [0.4, 0.5) is 8.78 Å². The third-order valence-electron chi connectivity index (χ3n) is 2.16. The predicted octanol–water partition coefficient (Wildman–Crippen LogP) is 3.86. The summed E-state index contributed by atoms with van der Waals surface area (Å²) in [5, 5.41) is 9.14. The number of carboxylic acids is 1. The van der Waals surface area contributed by atoms with Crippen LogP contribution < -0.4 is 0 Å². The van der Waals surface area contributed by atoms with Gasteiger partial charge in [-0.1, -0.05) is 23.4 Å². The third kappa shape index (κ3) is 3.21. The molecule has 2 aromatic rings. The van der Waals surface area contributed by atoms with E-state index >= 15 is 0 Å². The summed E-state index contributed by atoms with van der Waals surface area (Å²) in [5.41, 5.74) is -0.0990. The lowest BCUT2D eigenvalue weighted by atomic mass is 10.3. The minimum Gasteiger partial charge on any atom is -0.478 e. The van der Waals surface area contributed by atoms with Crippen molar-refractivity contribution in [3.8, 4) is 0 Å². The van der Waals surface area contributed by atoms with Gasteiger partial charge in [0.15, 0.2) is 0 Å². The van der Waals surface area contributed by atoms with Crippen LogP contribution in [0.15, 0.2) is 40.3 Å². The maximum absolute atomic E-state index is 13.5. The lowest BCUT2D eigenvalue weighted by Crippen LogP contribution is -2.01. The third-order valence-corrected chi connectivity index (χ3v) is 3.42. The van der Waals surface area contributed by atoms with Crippen LogP contribution in [0.25, 0.3) is 0 Å². The van der Waals surface area contributed by atoms with Gasteiger partial charge in [0.1, 0.15) is 21.8 Å². The number of hydrogen-bond acceptors (Lipinski definition) is 3. The number of aromatic nitrogens is 1. The molecule has 98 valence electrons. The molecule has 0 spiro atoms. The molecule has 0 saturated carbocycles. The minimum atomic E-state index is -1.20. The first-order valence-corrected chi connectivity index (χ1v) is 6.19. The highest BCUT2D eigenvalue weighted by Crippen LogP contribution is 2.32. The zero-order valence-electron chi connectivity index (χ0n) is 9.23. The summed E-state index contributed by atoms with van der Waals surface area (Å²) < 4.78 is 26.3. The molecule has 0 radical (unpaired) electrons. The Hall–Kier alpha value is -1.66. The standard InChI is InChI=1S/C12H6ClF2NO2S/c13-10-4-2-7(12(17)18)11(16-10)19-9-3-1-6(14)5-8(9)15/h1-5H,(H,17,18). The zero-order chi connectivity index (χ0) is 14.0. The van der Waals surface area contributed by atoms with E-state index in [1.54, 1.807) is 0 Å². The fourth-order valence-electron chi connectivity index (χ4n) is 1.32. The average molecular weight is 302 g/mol. The second-order valence-electron chi connectivity index (χ2n) is 3.47. The van der Waals surface area contributed by atoms with Crippen molar-refractivity contribution in [1.82, 2.24) is 4.98 Å². The number of carboxylic acid groups (broad SMARTS) is 1. The van der Waals surface area contributed by atoms with Crippen LogP contribution in [0, 0.1) is 11.6 Å². The van der Waals surface area contributed by atoms with Crippen molar-refractivity contribution < 1.29 is 18.7 Å². The second kappa shape index (κ2) is 5.54. The predicted molar refractivity (Wildman–Crippen MR) is 66.7 cm³/mol. The van der Waals surface area contributed by atoms with Gasteiger partial charge in [-0.2, -0.15) is 0 Å². The van der Waals surface area contributed by atoms with E-state index < -0.39 is 17.6 Å². The SMILES string of the molecule is O=C(O)c1ccc(Cl)nc1Sc1ccc(F)cc1F. The highest BCUT2D eigenvalue weighted by atomic mass is 35.5. The molecule has 1 aromatic heterocycles. The molecule has 0 fully saturated rings. The smallest absolute Gasteiger partial charge is 0.338 e. The van der Waals surface area contributed by atoms with Gasteiger partial charge in [-0.05, 0) is 24.3 Å². The lowest BCUT2D eigenvalue weighted by molar-refractivity contribution is 0.0692. The molecule has 0 atom stereocenters. The van der Waals surface area contributed by atoms with Gasteiger partial charge in [-0.15, -0.1) is 0 Å². The summed E-state index contributed by atoms with van der Waals surface area (Å²) in [6.45, 7) is 0. The monoisotopic (exact) mass is 301 g/mol. The summed E-state index contributed by atoms with van der Waals surface area (Å²) in [5.74, 6) is -2.70. The van der Waals surface area contributed by atoms with E-state index in [2.05, 4.69) is 4.98 Å². The van der Waals surface area contributed by atoms with Crippen molar-refractivity contribution in [3.63, 3.8) is 0 Å². The molecule has 0 aliphatic rings. The van der Waals surface area contributed by atoms with E-state index in [4.69, 9.17) is 16.7 Å². The van der Waals surface area contributed by atoms with Crippen molar-refractivity contribution in [3.05, 3.63) is 52.7 Å². The summed E-state index contributed by atoms with van der Waals surface area (Å²) >= 11 is 6.46. The lowest BCUT2D eigenvalue weighted by Gasteiger charge is -2.06. The fraction of sp³-hybridized carbons (Fsp3) is 0. The van der Waals surface area contributed by atoms with E-state index in [9.17, 15) is 13.6 Å². The fourth-order valence-corrected chi connectivity index (χ4v) is 2.43. The number of halogens is 3. The van der Waals surface area contributed by atoms with Gasteiger partial charge in [0.05, 0.1) is 5.56 Å². The topological polar surface area (TPSA) is 50.2 Å². The number of aromatic carboxylic acids is 1. The molecule has 7 heteroatoms. The highest BCUT2D eigenvalue weighted by molar-refractivity contribution is 7.99. The molecular formula is C12H6ClF2NO2S. The number of carbonyl (C=O) groups is 1. The van der Waals surface area contributed by atoms with Gasteiger partial charge < -0.3 is 5.11 Å². The average Bonchev–Trinajstić information content (AvgIpc) is 2.32. The number of nitrogens with zero attached hydrogens (tertiary/aromatic N) is 1. The Kier molecular flexibility index (Phi) is 4.01. The van der Waals surface area contributed by atoms with E-state index in [1.165, 1.54) is 18.2 Å². The molecule has 0 unspecified atom stereocenters. The molecule has 1 heterocycles. The Morgan fingerprint density at radius 1 is 1.26 bits per heavy atom. The van der Waals surface area contributed by atoms with E-state index in [1.807, 2.05) is 0 Å². The summed E-state index contributed by atoms with van der Waals surface area (Å²) in [6.07, 6.45) is 0. The largest absolute Gasteiger partial charge is 0.478 e. The van der Waals surface area contributed by atoms with Gasteiger partial charge in [-0.3, -0.25) is 0 Å². The van der Waals surface area contributed by atoms with Crippen LogP contribution in [0.5, 0.6) is 0 Å². The van der Waals surface area contributed by atoms with Gasteiger partial charge >= 0.3 is 5.97 Å². The Labute approximate surface area is 116 Å². The molecule has 0 amide bonds. The summed E-state index contributed by atoms with van der Waals surface area (Å²) in [7, 11) is 0. The van der Waals surface area contributed by atoms with Crippen LogP contribution in [0.3, 0.4) is 0 Å². The molecular weight excluding hydrogens is 296 g/mol. The molecule has 0 saturated heterocycles. The maximum Gasteiger partial charge on any atom is 0.338 e. The number of rotatable bonds is 3. The van der Waals surface area contributed by atoms with Crippen LogP contribution in [-0.2, 0) is 0 Å². The molecule has 1 N–H and O–H groups in total. The Morgan fingerprint density at radius 3 is 2.63 bits per heavy atom. The van der Waals surface area contributed by atoms with Crippen LogP contribution >= 0.6 is 23.4 Å². The molecule has 1 aromatic carbocycles. The zero-order valence-corrected chi connectivity index (χ0v) is 10.8. The summed E-state index contributed by atoms with van der Waals surface area (Å²) in [6, 6.07) is 5.62. The number of pyridine rings is 1. The summed E-state index contributed by atoms with van der Waals surface area (Å²) in [4.78, 5) is 14.9. The van der Waals surface area contributed by atoms with Crippen LogP contribution in [-0.4, -0.2) is 16.1 Å². The highest BCUT2D eigenvalue weighted by Gasteiger charge is 2.15. The Balaban J connectivity index is 2.42. The molecule has 0 bridgehead atoms. The second-order valence-corrected chi connectivity index (χ2v) is 4.89. The normalized spacial score (nSPS) is 10.5. The first-order chi connectivity index (χ1) is 8.97. The molecule has 2 rings (SSSR count). The van der Waals surface area contributed by atoms with Crippen molar-refractivity contribution in [2.45, 2.75) is 9.92 Å². The Morgan fingerprint density at radius 2 is 2.00 bits per heavy atom. The van der Waals surface area contributed by atoms with E-state index in [0.717, 1.165) is 17.8 Å². The number of benzene rings is 1. The van der Waals surface area contributed by atoms with Gasteiger partial charge in [0, 0.05) is 11.0 Å². The van der Waals surface area contributed by atoms with Gasteiger partial charge in [0.25, 0.3) is 0 Å². The molecule has 19 heavy (non-hydrogen) atoms. The van der Waals surface area contributed by atoms with E-state index in [0.29, 0.717) is 6.07 Å². The Bertz CT molecular complexity index is 652. The van der Waals surface area contributed by atoms with Crippen molar-refractivity contribution in [2.24, 2.45) is 0 Å². The first kappa shape index (κ1) is 13.8.